The molecule has 5 heteroatoms. The number of hydrogen-bond donors (Lipinski definition) is 1. The van der Waals surface area contributed by atoms with Gasteiger partial charge in [-0.25, -0.2) is 0 Å². The highest BCUT2D eigenvalue weighted by Crippen LogP contribution is 2.29. The van der Waals surface area contributed by atoms with E-state index in [1.54, 1.807) is 30.5 Å². The predicted molar refractivity (Wildman–Crippen MR) is 85.8 cm³/mol. The van der Waals surface area contributed by atoms with Crippen molar-refractivity contribution in [1.82, 2.24) is 4.98 Å². The molecule has 0 spiro atoms. The Labute approximate surface area is 131 Å². The summed E-state index contributed by atoms with van der Waals surface area (Å²) in [7, 11) is 0. The molecule has 1 aliphatic rings. The van der Waals surface area contributed by atoms with Gasteiger partial charge in [-0.1, -0.05) is 30.3 Å². The number of H-pyrrole nitrogens is 1. The van der Waals surface area contributed by atoms with E-state index in [0.717, 1.165) is 10.9 Å². The lowest BCUT2D eigenvalue weighted by Gasteiger charge is -2.15. The van der Waals surface area contributed by atoms with Crippen LogP contribution in [0.2, 0.25) is 0 Å². The molecule has 5 nitrogen and oxygen atoms in total. The maximum Gasteiger partial charge on any atom is 0.299 e. The number of Topliss-reactive ketones (excluding diaryl/α,β-unsaturated/α-hetero) is 2. The van der Waals surface area contributed by atoms with E-state index >= 15 is 0 Å². The van der Waals surface area contributed by atoms with Crippen LogP contribution in [-0.2, 0) is 4.79 Å². The van der Waals surface area contributed by atoms with Gasteiger partial charge in [-0.2, -0.15) is 0 Å². The molecule has 0 aliphatic carbocycles. The van der Waals surface area contributed by atoms with Crippen molar-refractivity contribution in [3.05, 3.63) is 65.9 Å². The summed E-state index contributed by atoms with van der Waals surface area (Å²) in [5, 5.41) is 0.809. The first-order valence-corrected chi connectivity index (χ1v) is 7.21. The van der Waals surface area contributed by atoms with Crippen molar-refractivity contribution in [3.63, 3.8) is 0 Å². The Morgan fingerprint density at radius 2 is 1.74 bits per heavy atom. The number of aromatic amines is 1. The third-order valence-electron chi connectivity index (χ3n) is 4.07. The van der Waals surface area contributed by atoms with Crippen molar-refractivity contribution < 1.29 is 14.4 Å². The first kappa shape index (κ1) is 13.5. The van der Waals surface area contributed by atoms with E-state index in [4.69, 9.17) is 0 Å². The average Bonchev–Trinajstić information content (AvgIpc) is 3.11. The van der Waals surface area contributed by atoms with E-state index in [1.165, 1.54) is 4.90 Å². The molecule has 2 aromatic carbocycles. The van der Waals surface area contributed by atoms with E-state index in [9.17, 15) is 14.4 Å². The van der Waals surface area contributed by atoms with Gasteiger partial charge in [0.2, 0.25) is 0 Å². The standard InChI is InChI=1S/C18H12N2O3/c21-16(13-9-19-14-7-3-1-5-11(13)14)10-20-15-8-4-2-6-12(15)17(22)18(20)23/h1-9,19H,10H2. The van der Waals surface area contributed by atoms with E-state index < -0.39 is 11.7 Å². The molecular weight excluding hydrogens is 292 g/mol. The molecule has 3 aromatic rings. The lowest BCUT2D eigenvalue weighted by Crippen LogP contribution is -2.34. The number of anilines is 1. The molecule has 0 unspecified atom stereocenters. The van der Waals surface area contributed by atoms with Gasteiger partial charge in [0.1, 0.15) is 0 Å². The fourth-order valence-corrected chi connectivity index (χ4v) is 2.94. The van der Waals surface area contributed by atoms with Gasteiger partial charge in [-0.15, -0.1) is 0 Å². The number of amides is 1. The SMILES string of the molecule is O=C1C(=O)N(CC(=O)c2c[nH]c3ccccc23)c2ccccc21. The number of para-hydroxylation sites is 2. The van der Waals surface area contributed by atoms with Gasteiger partial charge in [0, 0.05) is 22.7 Å². The minimum atomic E-state index is -0.653. The van der Waals surface area contributed by atoms with E-state index in [0.29, 0.717) is 16.8 Å². The summed E-state index contributed by atoms with van der Waals surface area (Å²) in [6, 6.07) is 14.2. The zero-order valence-electron chi connectivity index (χ0n) is 12.1. The quantitative estimate of drug-likeness (QED) is 0.597. The Bertz CT molecular complexity index is 971. The normalized spacial score (nSPS) is 13.7. The van der Waals surface area contributed by atoms with Gasteiger partial charge in [-0.3, -0.25) is 19.3 Å². The van der Waals surface area contributed by atoms with Gasteiger partial charge in [-0.05, 0) is 18.2 Å². The molecule has 2 heterocycles. The number of carbonyl (C=O) groups is 3. The molecule has 1 N–H and O–H groups in total. The molecular formula is C18H12N2O3. The highest BCUT2D eigenvalue weighted by atomic mass is 16.2. The number of fused-ring (bicyclic) bond motifs is 2. The van der Waals surface area contributed by atoms with Gasteiger partial charge in [0.15, 0.2) is 5.78 Å². The summed E-state index contributed by atoms with van der Waals surface area (Å²) in [5.74, 6) is -1.42. The first-order valence-electron chi connectivity index (χ1n) is 7.21. The minimum absolute atomic E-state index is 0.149. The van der Waals surface area contributed by atoms with Crippen LogP contribution in [-0.4, -0.2) is 29.0 Å². The van der Waals surface area contributed by atoms with Crippen molar-refractivity contribution >= 4 is 34.1 Å². The van der Waals surface area contributed by atoms with Crippen LogP contribution in [0.15, 0.2) is 54.7 Å². The smallest absolute Gasteiger partial charge is 0.299 e. The third-order valence-corrected chi connectivity index (χ3v) is 4.07. The Morgan fingerprint density at radius 1 is 1.00 bits per heavy atom. The molecule has 1 aliphatic heterocycles. The number of aromatic nitrogens is 1. The lowest BCUT2D eigenvalue weighted by atomic mass is 10.1. The van der Waals surface area contributed by atoms with Crippen LogP contribution in [0.5, 0.6) is 0 Å². The van der Waals surface area contributed by atoms with Gasteiger partial charge >= 0.3 is 0 Å². The molecule has 0 atom stereocenters. The Kier molecular flexibility index (Phi) is 2.87. The monoisotopic (exact) mass is 304 g/mol. The van der Waals surface area contributed by atoms with Crippen LogP contribution >= 0.6 is 0 Å². The van der Waals surface area contributed by atoms with Crippen LogP contribution in [0.3, 0.4) is 0 Å². The van der Waals surface area contributed by atoms with E-state index in [-0.39, 0.29) is 12.3 Å². The van der Waals surface area contributed by atoms with Gasteiger partial charge in [0.25, 0.3) is 11.7 Å². The van der Waals surface area contributed by atoms with Crippen molar-refractivity contribution in [2.75, 3.05) is 11.4 Å². The summed E-state index contributed by atoms with van der Waals surface area (Å²) < 4.78 is 0. The van der Waals surface area contributed by atoms with Crippen molar-refractivity contribution in [3.8, 4) is 0 Å². The van der Waals surface area contributed by atoms with Crippen LogP contribution in [0.4, 0.5) is 5.69 Å². The molecule has 0 radical (unpaired) electrons. The second-order valence-corrected chi connectivity index (χ2v) is 5.41. The molecule has 1 aromatic heterocycles. The largest absolute Gasteiger partial charge is 0.360 e. The highest BCUT2D eigenvalue weighted by molar-refractivity contribution is 6.52. The summed E-state index contributed by atoms with van der Waals surface area (Å²) in [6.07, 6.45) is 1.64. The zero-order valence-corrected chi connectivity index (χ0v) is 12.1. The van der Waals surface area contributed by atoms with Crippen LogP contribution in [0.1, 0.15) is 20.7 Å². The van der Waals surface area contributed by atoms with Crippen LogP contribution in [0.25, 0.3) is 10.9 Å². The fourth-order valence-electron chi connectivity index (χ4n) is 2.94. The summed E-state index contributed by atoms with van der Waals surface area (Å²) >= 11 is 0. The second kappa shape index (κ2) is 4.91. The van der Waals surface area contributed by atoms with Crippen LogP contribution in [0, 0.1) is 0 Å². The molecule has 0 fully saturated rings. The molecule has 4 rings (SSSR count). The van der Waals surface area contributed by atoms with Crippen LogP contribution < -0.4 is 4.90 Å². The first-order chi connectivity index (χ1) is 11.2. The van der Waals surface area contributed by atoms with Crippen molar-refractivity contribution in [2.24, 2.45) is 0 Å². The van der Waals surface area contributed by atoms with E-state index in [2.05, 4.69) is 4.98 Å². The summed E-state index contributed by atoms with van der Waals surface area (Å²) in [5.41, 5.74) is 2.23. The minimum Gasteiger partial charge on any atom is -0.360 e. The number of nitrogens with zero attached hydrogens (tertiary/aromatic N) is 1. The third kappa shape index (κ3) is 1.97. The zero-order chi connectivity index (χ0) is 16.0. The molecule has 1 amide bonds. The van der Waals surface area contributed by atoms with Crippen molar-refractivity contribution in [2.45, 2.75) is 0 Å². The number of benzene rings is 2. The predicted octanol–water partition coefficient (Wildman–Crippen LogP) is 2.58. The molecule has 112 valence electrons. The topological polar surface area (TPSA) is 70.2 Å². The maximum absolute atomic E-state index is 12.6. The second-order valence-electron chi connectivity index (χ2n) is 5.41. The number of hydrogen-bond acceptors (Lipinski definition) is 3. The Morgan fingerprint density at radius 3 is 2.61 bits per heavy atom. The molecule has 0 bridgehead atoms. The van der Waals surface area contributed by atoms with Crippen molar-refractivity contribution in [1.29, 1.82) is 0 Å². The Balaban J connectivity index is 1.70. The van der Waals surface area contributed by atoms with E-state index in [1.807, 2.05) is 24.3 Å². The van der Waals surface area contributed by atoms with Gasteiger partial charge < -0.3 is 4.98 Å². The average molecular weight is 304 g/mol. The summed E-state index contributed by atoms with van der Waals surface area (Å²) in [6.45, 7) is -0.149. The highest BCUT2D eigenvalue weighted by Gasteiger charge is 2.36. The number of carbonyl (C=O) groups excluding carboxylic acids is 3. The molecule has 23 heavy (non-hydrogen) atoms. The lowest BCUT2D eigenvalue weighted by molar-refractivity contribution is -0.114. The number of nitrogens with one attached hydrogen (secondary N) is 1. The molecule has 0 saturated carbocycles. The van der Waals surface area contributed by atoms with Gasteiger partial charge in [0.05, 0.1) is 17.8 Å². The molecule has 0 saturated heterocycles. The number of rotatable bonds is 3. The summed E-state index contributed by atoms with van der Waals surface area (Å²) in [4.78, 5) is 41.0. The Hall–Kier alpha value is -3.21. The fraction of sp³-hybridized carbons (Fsp3) is 0.0556. The maximum atomic E-state index is 12.6. The number of ketones is 2.